The Hall–Kier alpha value is -3.05. The van der Waals surface area contributed by atoms with Crippen LogP contribution in [-0.2, 0) is 16.4 Å². The number of fused-ring (bicyclic) bond motifs is 1. The number of benzene rings is 2. The lowest BCUT2D eigenvalue weighted by molar-refractivity contribution is 0.562. The molecule has 0 unspecified atom stereocenters. The topological polar surface area (TPSA) is 113 Å². The van der Waals surface area contributed by atoms with Crippen molar-refractivity contribution >= 4 is 61.5 Å². The molecule has 13 heteroatoms. The summed E-state index contributed by atoms with van der Waals surface area (Å²) in [7, 11) is -0.193. The van der Waals surface area contributed by atoms with Crippen molar-refractivity contribution in [2.75, 3.05) is 18.8 Å². The number of hydrogen-bond donors (Lipinski definition) is 2. The minimum absolute atomic E-state index is 0.0683. The first-order valence-electron chi connectivity index (χ1n) is 11.5. The zero-order valence-corrected chi connectivity index (χ0v) is 24.0. The molecule has 9 nitrogen and oxygen atoms in total. The second kappa shape index (κ2) is 11.0. The van der Waals surface area contributed by atoms with E-state index in [2.05, 4.69) is 14.8 Å². The van der Waals surface area contributed by atoms with Gasteiger partial charge in [0.15, 0.2) is 5.65 Å². The molecule has 0 spiro atoms. The molecule has 4 aromatic rings. The second-order valence-corrected chi connectivity index (χ2v) is 12.0. The fourth-order valence-electron chi connectivity index (χ4n) is 3.76. The number of sulfonamides is 1. The van der Waals surface area contributed by atoms with Gasteiger partial charge in [-0.3, -0.25) is 9.52 Å². The molecule has 0 radical (unpaired) electrons. The van der Waals surface area contributed by atoms with E-state index in [1.165, 1.54) is 10.9 Å². The largest absolute Gasteiger partial charge is 0.383 e. The van der Waals surface area contributed by atoms with Gasteiger partial charge >= 0.3 is 0 Å². The van der Waals surface area contributed by atoms with Crippen molar-refractivity contribution in [3.05, 3.63) is 90.5 Å². The fourth-order valence-corrected chi connectivity index (χ4v) is 5.67. The minimum atomic E-state index is -3.65. The number of nitrogens with one attached hydrogen (secondary N) is 2. The van der Waals surface area contributed by atoms with Crippen LogP contribution in [0.5, 0.6) is 0 Å². The number of aromatic nitrogens is 4. The van der Waals surface area contributed by atoms with E-state index in [-0.39, 0.29) is 27.9 Å². The zero-order chi connectivity index (χ0) is 27.8. The number of anilines is 1. The first kappa shape index (κ1) is 28.0. The van der Waals surface area contributed by atoms with Gasteiger partial charge in [-0.05, 0) is 35.7 Å². The maximum atomic E-state index is 13.2. The Morgan fingerprint density at radius 1 is 1.11 bits per heavy atom. The van der Waals surface area contributed by atoms with E-state index in [1.807, 2.05) is 13.8 Å². The third kappa shape index (κ3) is 6.15. The SMILES string of the molecule is CC(C)c1nn(-c2c(Cl)cc(Cl)cc2Cl)c2nc(Cc3ccc(NS(=O)(=O)C=CN(C)C)cc3)[nH]c(=O)c12. The van der Waals surface area contributed by atoms with E-state index in [4.69, 9.17) is 39.8 Å². The maximum Gasteiger partial charge on any atom is 0.262 e. The Morgan fingerprint density at radius 3 is 2.32 bits per heavy atom. The van der Waals surface area contributed by atoms with Gasteiger partial charge in [-0.15, -0.1) is 0 Å². The predicted molar refractivity (Wildman–Crippen MR) is 153 cm³/mol. The molecule has 4 rings (SSSR count). The number of nitrogens with zero attached hydrogens (tertiary/aromatic N) is 4. The molecule has 38 heavy (non-hydrogen) atoms. The van der Waals surface area contributed by atoms with E-state index in [0.717, 1.165) is 11.0 Å². The van der Waals surface area contributed by atoms with E-state index in [1.54, 1.807) is 55.4 Å². The highest BCUT2D eigenvalue weighted by Crippen LogP contribution is 2.34. The van der Waals surface area contributed by atoms with Gasteiger partial charge in [0.05, 0.1) is 21.1 Å². The highest BCUT2D eigenvalue weighted by atomic mass is 35.5. The number of aromatic amines is 1. The van der Waals surface area contributed by atoms with E-state index < -0.39 is 10.0 Å². The van der Waals surface area contributed by atoms with E-state index >= 15 is 0 Å². The summed E-state index contributed by atoms with van der Waals surface area (Å²) in [5, 5.41) is 6.98. The summed E-state index contributed by atoms with van der Waals surface area (Å²) >= 11 is 19.0. The predicted octanol–water partition coefficient (Wildman–Crippen LogP) is 5.56. The van der Waals surface area contributed by atoms with Crippen molar-refractivity contribution in [2.45, 2.75) is 26.2 Å². The first-order valence-corrected chi connectivity index (χ1v) is 14.2. The van der Waals surface area contributed by atoms with E-state index in [9.17, 15) is 13.2 Å². The van der Waals surface area contributed by atoms with Crippen molar-refractivity contribution in [1.29, 1.82) is 0 Å². The van der Waals surface area contributed by atoms with Crippen molar-refractivity contribution in [2.24, 2.45) is 0 Å². The van der Waals surface area contributed by atoms with Gasteiger partial charge in [-0.2, -0.15) is 5.10 Å². The summed E-state index contributed by atoms with van der Waals surface area (Å²) in [4.78, 5) is 22.4. The number of halogens is 3. The quantitative estimate of drug-likeness (QED) is 0.276. The smallest absolute Gasteiger partial charge is 0.262 e. The van der Waals surface area contributed by atoms with E-state index in [0.29, 0.717) is 38.9 Å². The van der Waals surface area contributed by atoms with Crippen molar-refractivity contribution in [3.8, 4) is 5.69 Å². The summed E-state index contributed by atoms with van der Waals surface area (Å²) in [6, 6.07) is 9.88. The van der Waals surface area contributed by atoms with Crippen LogP contribution in [-0.4, -0.2) is 47.2 Å². The van der Waals surface area contributed by atoms with Gasteiger partial charge in [0, 0.05) is 37.4 Å². The molecule has 0 saturated carbocycles. The van der Waals surface area contributed by atoms with Crippen molar-refractivity contribution in [1.82, 2.24) is 24.6 Å². The fraction of sp³-hybridized carbons (Fsp3) is 0.240. The number of H-pyrrole nitrogens is 1. The van der Waals surface area contributed by atoms with Crippen molar-refractivity contribution in [3.63, 3.8) is 0 Å². The molecule has 0 aliphatic heterocycles. The van der Waals surface area contributed by atoms with Crippen LogP contribution < -0.4 is 10.3 Å². The third-order valence-electron chi connectivity index (χ3n) is 5.48. The lowest BCUT2D eigenvalue weighted by atomic mass is 10.1. The van der Waals surface area contributed by atoms with Gasteiger partial charge in [-0.1, -0.05) is 60.8 Å². The monoisotopic (exact) mass is 594 g/mol. The molecule has 0 aliphatic rings. The average molecular weight is 596 g/mol. The standard InChI is InChI=1S/C25H25Cl3N6O3S/c1-14(2)22-21-24(34(31-22)23-18(27)12-16(26)13-19(23)28)29-20(30-25(21)35)11-15-5-7-17(8-6-15)32-38(36,37)10-9-33(3)4/h5-10,12-14,32H,11H2,1-4H3,(H,29,30,35). The first-order chi connectivity index (χ1) is 17.8. The molecule has 200 valence electrons. The number of hydrogen-bond acceptors (Lipinski definition) is 6. The number of rotatable bonds is 8. The van der Waals surface area contributed by atoms with Gasteiger partial charge in [0.25, 0.3) is 15.6 Å². The molecule has 0 fully saturated rings. The highest BCUT2D eigenvalue weighted by molar-refractivity contribution is 7.95. The van der Waals surface area contributed by atoms with Gasteiger partial charge in [0.2, 0.25) is 0 Å². The second-order valence-electron chi connectivity index (χ2n) is 9.15. The normalized spacial score (nSPS) is 12.1. The Morgan fingerprint density at radius 2 is 1.74 bits per heavy atom. The lowest BCUT2D eigenvalue weighted by Crippen LogP contribution is -2.14. The summed E-state index contributed by atoms with van der Waals surface area (Å²) in [5.74, 6) is 0.323. The molecule has 0 atom stereocenters. The van der Waals surface area contributed by atoms with Crippen LogP contribution in [0.3, 0.4) is 0 Å². The van der Waals surface area contributed by atoms with Crippen LogP contribution in [0, 0.1) is 0 Å². The molecule has 0 amide bonds. The Labute approximate surface area is 235 Å². The Kier molecular flexibility index (Phi) is 8.08. The van der Waals surface area contributed by atoms with Crippen LogP contribution in [0.15, 0.2) is 52.8 Å². The molecule has 2 N–H and O–H groups in total. The molecule has 2 aromatic carbocycles. The van der Waals surface area contributed by atoms with Crippen LogP contribution >= 0.6 is 34.8 Å². The third-order valence-corrected chi connectivity index (χ3v) is 7.27. The van der Waals surface area contributed by atoms with Crippen LogP contribution in [0.2, 0.25) is 15.1 Å². The summed E-state index contributed by atoms with van der Waals surface area (Å²) < 4.78 is 28.4. The van der Waals surface area contributed by atoms with Gasteiger partial charge in [-0.25, -0.2) is 18.1 Å². The summed E-state index contributed by atoms with van der Waals surface area (Å²) in [5.41, 5.74) is 2.12. The van der Waals surface area contributed by atoms with Crippen LogP contribution in [0.1, 0.15) is 36.8 Å². The average Bonchev–Trinajstić information content (AvgIpc) is 3.18. The molecule has 2 aromatic heterocycles. The molecule has 0 bridgehead atoms. The highest BCUT2D eigenvalue weighted by Gasteiger charge is 2.23. The van der Waals surface area contributed by atoms with Crippen molar-refractivity contribution < 1.29 is 8.42 Å². The zero-order valence-electron chi connectivity index (χ0n) is 21.0. The van der Waals surface area contributed by atoms with Gasteiger partial charge in [0.1, 0.15) is 16.9 Å². The van der Waals surface area contributed by atoms with Crippen LogP contribution in [0.4, 0.5) is 5.69 Å². The van der Waals surface area contributed by atoms with Crippen LogP contribution in [0.25, 0.3) is 16.7 Å². The maximum absolute atomic E-state index is 13.2. The molecule has 0 saturated heterocycles. The molecular weight excluding hydrogens is 571 g/mol. The summed E-state index contributed by atoms with van der Waals surface area (Å²) in [6.45, 7) is 3.85. The molecule has 2 heterocycles. The summed E-state index contributed by atoms with van der Waals surface area (Å²) in [6.07, 6.45) is 1.72. The minimum Gasteiger partial charge on any atom is -0.383 e. The molecule has 0 aliphatic carbocycles. The lowest BCUT2D eigenvalue weighted by Gasteiger charge is -2.10. The Bertz CT molecular complexity index is 1670. The Balaban J connectivity index is 1.71. The molecular formula is C25H25Cl3N6O3S. The van der Waals surface area contributed by atoms with Gasteiger partial charge < -0.3 is 9.88 Å².